The highest BCUT2D eigenvalue weighted by Gasteiger charge is 2.40. The third-order valence-electron chi connectivity index (χ3n) is 5.67. The summed E-state index contributed by atoms with van der Waals surface area (Å²) in [5.41, 5.74) is 1.29. The van der Waals surface area contributed by atoms with Gasteiger partial charge in [-0.1, -0.05) is 19.1 Å². The van der Waals surface area contributed by atoms with E-state index in [1.165, 1.54) is 24.8 Å². The molecule has 2 saturated heterocycles. The number of fused-ring (bicyclic) bond motifs is 2. The Labute approximate surface area is 138 Å². The first-order valence-corrected chi connectivity index (χ1v) is 8.98. The van der Waals surface area contributed by atoms with Crippen molar-refractivity contribution in [3.63, 3.8) is 0 Å². The molecular formula is C19H26N2O2. The highest BCUT2D eigenvalue weighted by atomic mass is 16.5. The molecule has 2 atom stereocenters. The fourth-order valence-corrected chi connectivity index (χ4v) is 4.24. The number of benzene rings is 1. The van der Waals surface area contributed by atoms with Crippen LogP contribution in [-0.4, -0.2) is 54.0 Å². The first-order chi connectivity index (χ1) is 11.2. The van der Waals surface area contributed by atoms with Gasteiger partial charge in [0.1, 0.15) is 11.9 Å². The van der Waals surface area contributed by atoms with Crippen LogP contribution in [0.3, 0.4) is 0 Å². The maximum atomic E-state index is 12.4. The van der Waals surface area contributed by atoms with E-state index in [1.807, 2.05) is 17.0 Å². The molecule has 0 N–H and O–H groups in total. The topological polar surface area (TPSA) is 32.8 Å². The van der Waals surface area contributed by atoms with Crippen molar-refractivity contribution in [2.75, 3.05) is 26.2 Å². The van der Waals surface area contributed by atoms with Gasteiger partial charge in [0.05, 0.1) is 19.6 Å². The molecule has 0 radical (unpaired) electrons. The van der Waals surface area contributed by atoms with E-state index in [9.17, 15) is 4.79 Å². The second-order valence-electron chi connectivity index (χ2n) is 7.30. The van der Waals surface area contributed by atoms with Crippen LogP contribution >= 0.6 is 0 Å². The second kappa shape index (κ2) is 6.16. The minimum absolute atomic E-state index is 0.154. The number of likely N-dealkylation sites (tertiary alicyclic amines) is 2. The third-order valence-corrected chi connectivity index (χ3v) is 5.67. The Balaban J connectivity index is 1.24. The van der Waals surface area contributed by atoms with Crippen LogP contribution in [0, 0.1) is 5.92 Å². The van der Waals surface area contributed by atoms with Crippen molar-refractivity contribution >= 4 is 5.91 Å². The van der Waals surface area contributed by atoms with Gasteiger partial charge >= 0.3 is 0 Å². The molecule has 1 aromatic rings. The molecule has 0 unspecified atom stereocenters. The van der Waals surface area contributed by atoms with Crippen molar-refractivity contribution in [2.24, 2.45) is 5.92 Å². The van der Waals surface area contributed by atoms with Gasteiger partial charge in [-0.3, -0.25) is 9.69 Å². The van der Waals surface area contributed by atoms with Gasteiger partial charge in [-0.25, -0.2) is 0 Å². The van der Waals surface area contributed by atoms with Gasteiger partial charge in [-0.2, -0.15) is 0 Å². The molecule has 1 saturated carbocycles. The zero-order chi connectivity index (χ0) is 15.8. The SMILES string of the molecule is CCc1cccc(OC2CN(C(=O)CN3C[C@H]4CC[C@@H]3C4)C2)c1. The van der Waals surface area contributed by atoms with Crippen LogP contribution in [0.15, 0.2) is 24.3 Å². The summed E-state index contributed by atoms with van der Waals surface area (Å²) in [6.45, 7) is 5.36. The Morgan fingerprint density at radius 3 is 2.83 bits per heavy atom. The maximum Gasteiger partial charge on any atom is 0.237 e. The predicted molar refractivity (Wildman–Crippen MR) is 89.5 cm³/mol. The van der Waals surface area contributed by atoms with Crippen LogP contribution in [0.25, 0.3) is 0 Å². The number of hydrogen-bond donors (Lipinski definition) is 0. The summed E-state index contributed by atoms with van der Waals surface area (Å²) in [6, 6.07) is 8.94. The maximum absolute atomic E-state index is 12.4. The molecule has 4 nitrogen and oxygen atoms in total. The molecule has 2 bridgehead atoms. The van der Waals surface area contributed by atoms with Crippen molar-refractivity contribution in [3.8, 4) is 5.75 Å². The van der Waals surface area contributed by atoms with Gasteiger partial charge in [-0.15, -0.1) is 0 Å². The number of ether oxygens (including phenoxy) is 1. The summed E-state index contributed by atoms with van der Waals surface area (Å²) in [7, 11) is 0. The van der Waals surface area contributed by atoms with E-state index in [1.54, 1.807) is 0 Å². The molecule has 3 fully saturated rings. The zero-order valence-corrected chi connectivity index (χ0v) is 13.9. The lowest BCUT2D eigenvalue weighted by molar-refractivity contribution is -0.141. The monoisotopic (exact) mass is 314 g/mol. The lowest BCUT2D eigenvalue weighted by Gasteiger charge is -2.40. The number of carbonyl (C=O) groups excluding carboxylic acids is 1. The van der Waals surface area contributed by atoms with E-state index in [0.717, 1.165) is 37.7 Å². The summed E-state index contributed by atoms with van der Waals surface area (Å²) in [6.07, 6.45) is 5.14. The second-order valence-corrected chi connectivity index (χ2v) is 7.30. The molecule has 1 aromatic carbocycles. The van der Waals surface area contributed by atoms with Crippen molar-refractivity contribution in [3.05, 3.63) is 29.8 Å². The molecule has 1 amide bonds. The standard InChI is InChI=1S/C19H26N2O2/c1-2-14-4-3-5-17(9-14)23-18-11-21(12-18)19(22)13-20-10-15-6-7-16(20)8-15/h3-5,9,15-16,18H,2,6-8,10-13H2,1H3/t15-,16+/m0/s1. The van der Waals surface area contributed by atoms with Crippen molar-refractivity contribution < 1.29 is 9.53 Å². The fraction of sp³-hybridized carbons (Fsp3) is 0.632. The van der Waals surface area contributed by atoms with E-state index in [-0.39, 0.29) is 12.0 Å². The van der Waals surface area contributed by atoms with Crippen LogP contribution in [0.1, 0.15) is 31.7 Å². The molecule has 1 aliphatic carbocycles. The summed E-state index contributed by atoms with van der Waals surface area (Å²) < 4.78 is 5.99. The molecule has 0 aromatic heterocycles. The Kier molecular flexibility index (Phi) is 4.02. The Morgan fingerprint density at radius 2 is 2.13 bits per heavy atom. The van der Waals surface area contributed by atoms with Crippen molar-refractivity contribution in [2.45, 2.75) is 44.8 Å². The van der Waals surface area contributed by atoms with Crippen LogP contribution in [0.5, 0.6) is 5.75 Å². The van der Waals surface area contributed by atoms with Gasteiger partial charge in [0.15, 0.2) is 0 Å². The van der Waals surface area contributed by atoms with Crippen molar-refractivity contribution in [1.82, 2.24) is 9.80 Å². The summed E-state index contributed by atoms with van der Waals surface area (Å²) in [5.74, 6) is 2.06. The molecule has 2 aliphatic heterocycles. The fourth-order valence-electron chi connectivity index (χ4n) is 4.24. The largest absolute Gasteiger partial charge is 0.487 e. The average Bonchev–Trinajstić information content (AvgIpc) is 3.13. The molecule has 3 aliphatic rings. The Hall–Kier alpha value is -1.55. The number of nitrogens with zero attached hydrogens (tertiary/aromatic N) is 2. The Bertz CT molecular complexity index is 582. The van der Waals surface area contributed by atoms with E-state index in [4.69, 9.17) is 4.74 Å². The molecule has 2 heterocycles. The molecule has 124 valence electrons. The van der Waals surface area contributed by atoms with Gasteiger partial charge < -0.3 is 9.64 Å². The lowest BCUT2D eigenvalue weighted by atomic mass is 10.1. The van der Waals surface area contributed by atoms with Gasteiger partial charge in [0.2, 0.25) is 5.91 Å². The van der Waals surface area contributed by atoms with E-state index in [2.05, 4.69) is 24.0 Å². The number of hydrogen-bond acceptors (Lipinski definition) is 3. The number of piperidine rings is 1. The smallest absolute Gasteiger partial charge is 0.237 e. The predicted octanol–water partition coefficient (Wildman–Crippen LogP) is 2.32. The summed E-state index contributed by atoms with van der Waals surface area (Å²) >= 11 is 0. The molecule has 4 rings (SSSR count). The van der Waals surface area contributed by atoms with Gasteiger partial charge in [0, 0.05) is 12.6 Å². The molecular weight excluding hydrogens is 288 g/mol. The number of rotatable bonds is 5. The molecule has 0 spiro atoms. The highest BCUT2D eigenvalue weighted by molar-refractivity contribution is 5.79. The van der Waals surface area contributed by atoms with E-state index < -0.39 is 0 Å². The van der Waals surface area contributed by atoms with Gasteiger partial charge in [-0.05, 0) is 49.3 Å². The number of amides is 1. The number of aryl methyl sites for hydroxylation is 1. The normalized spacial score (nSPS) is 27.3. The van der Waals surface area contributed by atoms with Crippen molar-refractivity contribution in [1.29, 1.82) is 0 Å². The van der Waals surface area contributed by atoms with Gasteiger partial charge in [0.25, 0.3) is 0 Å². The van der Waals surface area contributed by atoms with E-state index in [0.29, 0.717) is 12.6 Å². The van der Waals surface area contributed by atoms with Crippen LogP contribution in [0.2, 0.25) is 0 Å². The van der Waals surface area contributed by atoms with Crippen LogP contribution in [-0.2, 0) is 11.2 Å². The molecule has 23 heavy (non-hydrogen) atoms. The quantitative estimate of drug-likeness (QED) is 0.836. The van der Waals surface area contributed by atoms with Crippen LogP contribution in [0.4, 0.5) is 0 Å². The minimum atomic E-state index is 0.154. The number of carbonyl (C=O) groups is 1. The average molecular weight is 314 g/mol. The van der Waals surface area contributed by atoms with Crippen LogP contribution < -0.4 is 4.74 Å². The third kappa shape index (κ3) is 3.09. The van der Waals surface area contributed by atoms with E-state index >= 15 is 0 Å². The highest BCUT2D eigenvalue weighted by Crippen LogP contribution is 2.37. The zero-order valence-electron chi connectivity index (χ0n) is 13.9. The Morgan fingerprint density at radius 1 is 1.26 bits per heavy atom. The minimum Gasteiger partial charge on any atom is -0.487 e. The summed E-state index contributed by atoms with van der Waals surface area (Å²) in [5, 5.41) is 0. The summed E-state index contributed by atoms with van der Waals surface area (Å²) in [4.78, 5) is 16.7. The first kappa shape index (κ1) is 15.0. The lowest BCUT2D eigenvalue weighted by Crippen LogP contribution is -2.58. The first-order valence-electron chi connectivity index (χ1n) is 8.98. The molecule has 4 heteroatoms.